The Bertz CT molecular complexity index is 913. The molecule has 1 N–H and O–H groups in total. The minimum absolute atomic E-state index is 0.00834. The Kier molecular flexibility index (Phi) is 4.14. The molecule has 0 spiro atoms. The second-order valence-electron chi connectivity index (χ2n) is 4.67. The van der Waals surface area contributed by atoms with Crippen molar-refractivity contribution in [1.82, 2.24) is 9.97 Å². The maximum Gasteiger partial charge on any atom is 0.348 e. The van der Waals surface area contributed by atoms with Crippen LogP contribution in [0.5, 0.6) is 0 Å². The summed E-state index contributed by atoms with van der Waals surface area (Å²) in [6, 6.07) is 6.21. The lowest BCUT2D eigenvalue weighted by atomic mass is 10.2. The Morgan fingerprint density at radius 2 is 2.09 bits per heavy atom. The molecule has 0 aliphatic carbocycles. The molecule has 3 aromatic rings. The molecule has 0 saturated carbocycles. The smallest absolute Gasteiger partial charge is 0.348 e. The summed E-state index contributed by atoms with van der Waals surface area (Å²) in [5.41, 5.74) is 0.918. The van der Waals surface area contributed by atoms with E-state index in [4.69, 9.17) is 16.3 Å². The number of aryl methyl sites for hydroxylation is 1. The summed E-state index contributed by atoms with van der Waals surface area (Å²) in [4.78, 5) is 21.0. The topological polar surface area (TPSA) is 64.1 Å². The van der Waals surface area contributed by atoms with Crippen molar-refractivity contribution in [3.8, 4) is 0 Å². The molecule has 3 rings (SSSR count). The Morgan fingerprint density at radius 1 is 1.35 bits per heavy atom. The van der Waals surface area contributed by atoms with Crippen LogP contribution in [-0.4, -0.2) is 23.0 Å². The van der Waals surface area contributed by atoms with E-state index in [9.17, 15) is 9.18 Å². The van der Waals surface area contributed by atoms with Gasteiger partial charge in [0.15, 0.2) is 0 Å². The number of nitrogens with one attached hydrogen (secondary N) is 1. The number of halogens is 2. The molecule has 0 atom stereocenters. The van der Waals surface area contributed by atoms with E-state index in [0.29, 0.717) is 26.5 Å². The van der Waals surface area contributed by atoms with Crippen LogP contribution in [0, 0.1) is 12.7 Å². The normalized spacial score (nSPS) is 10.8. The molecule has 0 aliphatic heterocycles. The maximum absolute atomic E-state index is 13.9. The standard InChI is InChI=1S/C15H11ClFN3O2S/c1-7-10-12(18-9-6-4-3-5-8(9)17)19-15(16)20-13(10)23-11(7)14(21)22-2/h3-6H,1-2H3,(H,18,19,20). The Hall–Kier alpha value is -2.25. The second kappa shape index (κ2) is 6.10. The number of hydrogen-bond donors (Lipinski definition) is 1. The highest BCUT2D eigenvalue weighted by Gasteiger charge is 2.21. The number of fused-ring (bicyclic) bond motifs is 1. The van der Waals surface area contributed by atoms with Crippen LogP contribution in [0.2, 0.25) is 5.28 Å². The average molecular weight is 352 g/mol. The van der Waals surface area contributed by atoms with Gasteiger partial charge in [-0.15, -0.1) is 11.3 Å². The van der Waals surface area contributed by atoms with Crippen molar-refractivity contribution in [2.24, 2.45) is 0 Å². The summed E-state index contributed by atoms with van der Waals surface area (Å²) < 4.78 is 18.6. The van der Waals surface area contributed by atoms with E-state index in [0.717, 1.165) is 11.3 Å². The fraction of sp³-hybridized carbons (Fsp3) is 0.133. The van der Waals surface area contributed by atoms with Crippen molar-refractivity contribution in [3.63, 3.8) is 0 Å². The predicted octanol–water partition coefficient (Wildman–Crippen LogP) is 4.32. The molecule has 5 nitrogen and oxygen atoms in total. The molecule has 1 aromatic carbocycles. The Balaban J connectivity index is 2.18. The molecule has 0 fully saturated rings. The molecule has 0 saturated heterocycles. The highest BCUT2D eigenvalue weighted by atomic mass is 35.5. The Labute approximate surface area is 140 Å². The van der Waals surface area contributed by atoms with Gasteiger partial charge in [0.1, 0.15) is 21.3 Å². The zero-order valence-electron chi connectivity index (χ0n) is 12.2. The quantitative estimate of drug-likeness (QED) is 0.562. The van der Waals surface area contributed by atoms with Crippen molar-refractivity contribution in [2.45, 2.75) is 6.92 Å². The highest BCUT2D eigenvalue weighted by Crippen LogP contribution is 2.36. The molecular formula is C15H11ClFN3O2S. The average Bonchev–Trinajstić information content (AvgIpc) is 2.85. The molecule has 2 heterocycles. The Morgan fingerprint density at radius 3 is 2.78 bits per heavy atom. The van der Waals surface area contributed by atoms with Crippen molar-refractivity contribution in [2.75, 3.05) is 12.4 Å². The van der Waals surface area contributed by atoms with Crippen LogP contribution in [0.1, 0.15) is 15.2 Å². The third-order valence-electron chi connectivity index (χ3n) is 3.26. The SMILES string of the molecule is COC(=O)c1sc2nc(Cl)nc(Nc3ccccc3F)c2c1C. The number of carbonyl (C=O) groups is 1. The number of rotatable bonds is 3. The lowest BCUT2D eigenvalue weighted by molar-refractivity contribution is 0.0605. The number of nitrogens with zero attached hydrogens (tertiary/aromatic N) is 2. The molecule has 118 valence electrons. The number of thiophene rings is 1. The molecular weight excluding hydrogens is 341 g/mol. The lowest BCUT2D eigenvalue weighted by Gasteiger charge is -2.08. The van der Waals surface area contributed by atoms with Gasteiger partial charge >= 0.3 is 5.97 Å². The van der Waals surface area contributed by atoms with E-state index >= 15 is 0 Å². The number of ether oxygens (including phenoxy) is 1. The molecule has 0 bridgehead atoms. The molecule has 0 radical (unpaired) electrons. The number of hydrogen-bond acceptors (Lipinski definition) is 6. The first kappa shape index (κ1) is 15.6. The van der Waals surface area contributed by atoms with Gasteiger partial charge in [0, 0.05) is 0 Å². The summed E-state index contributed by atoms with van der Waals surface area (Å²) in [6.07, 6.45) is 0. The van der Waals surface area contributed by atoms with Crippen LogP contribution >= 0.6 is 22.9 Å². The summed E-state index contributed by atoms with van der Waals surface area (Å²) >= 11 is 7.10. The molecule has 0 amide bonds. The molecule has 23 heavy (non-hydrogen) atoms. The monoisotopic (exact) mass is 351 g/mol. The highest BCUT2D eigenvalue weighted by molar-refractivity contribution is 7.20. The fourth-order valence-electron chi connectivity index (χ4n) is 2.18. The van der Waals surface area contributed by atoms with Crippen molar-refractivity contribution in [3.05, 3.63) is 45.8 Å². The van der Waals surface area contributed by atoms with Crippen LogP contribution in [0.15, 0.2) is 24.3 Å². The first-order valence-corrected chi connectivity index (χ1v) is 7.77. The minimum atomic E-state index is -0.460. The van der Waals surface area contributed by atoms with E-state index < -0.39 is 11.8 Å². The van der Waals surface area contributed by atoms with Gasteiger partial charge in [-0.3, -0.25) is 0 Å². The van der Waals surface area contributed by atoms with Crippen molar-refractivity contribution < 1.29 is 13.9 Å². The minimum Gasteiger partial charge on any atom is -0.465 e. The van der Waals surface area contributed by atoms with Gasteiger partial charge in [-0.1, -0.05) is 12.1 Å². The van der Waals surface area contributed by atoms with Gasteiger partial charge in [0.25, 0.3) is 0 Å². The van der Waals surface area contributed by atoms with E-state index in [1.165, 1.54) is 13.2 Å². The molecule has 0 aliphatic rings. The number of esters is 1. The van der Waals surface area contributed by atoms with E-state index in [1.54, 1.807) is 25.1 Å². The van der Waals surface area contributed by atoms with E-state index in [-0.39, 0.29) is 11.0 Å². The number of para-hydroxylation sites is 1. The lowest BCUT2D eigenvalue weighted by Crippen LogP contribution is -2.01. The van der Waals surface area contributed by atoms with Crippen LogP contribution in [0.25, 0.3) is 10.2 Å². The van der Waals surface area contributed by atoms with Gasteiger partial charge < -0.3 is 10.1 Å². The number of carbonyl (C=O) groups excluding carboxylic acids is 1. The number of methoxy groups -OCH3 is 1. The van der Waals surface area contributed by atoms with Gasteiger partial charge in [-0.25, -0.2) is 14.2 Å². The fourth-order valence-corrected chi connectivity index (χ4v) is 3.50. The molecule has 8 heteroatoms. The van der Waals surface area contributed by atoms with Gasteiger partial charge in [-0.05, 0) is 36.2 Å². The summed E-state index contributed by atoms with van der Waals surface area (Å²) in [5.74, 6) is -0.538. The van der Waals surface area contributed by atoms with Crippen LogP contribution < -0.4 is 5.32 Å². The van der Waals surface area contributed by atoms with Gasteiger partial charge in [0.2, 0.25) is 5.28 Å². The van der Waals surface area contributed by atoms with Crippen molar-refractivity contribution in [1.29, 1.82) is 0 Å². The molecule has 0 unspecified atom stereocenters. The number of benzene rings is 1. The van der Waals surface area contributed by atoms with Crippen LogP contribution in [-0.2, 0) is 4.74 Å². The van der Waals surface area contributed by atoms with E-state index in [1.807, 2.05) is 0 Å². The summed E-state index contributed by atoms with van der Waals surface area (Å²) in [6.45, 7) is 1.76. The first-order valence-electron chi connectivity index (χ1n) is 6.57. The zero-order chi connectivity index (χ0) is 16.6. The van der Waals surface area contributed by atoms with Crippen LogP contribution in [0.3, 0.4) is 0 Å². The predicted molar refractivity (Wildman–Crippen MR) is 88.2 cm³/mol. The maximum atomic E-state index is 13.9. The second-order valence-corrected chi connectivity index (χ2v) is 6.01. The third-order valence-corrected chi connectivity index (χ3v) is 4.60. The third kappa shape index (κ3) is 2.85. The van der Waals surface area contributed by atoms with E-state index in [2.05, 4.69) is 15.3 Å². The molecule has 2 aromatic heterocycles. The van der Waals surface area contributed by atoms with Crippen molar-refractivity contribution >= 4 is 50.6 Å². The zero-order valence-corrected chi connectivity index (χ0v) is 13.8. The van der Waals surface area contributed by atoms with Gasteiger partial charge in [-0.2, -0.15) is 4.98 Å². The first-order chi connectivity index (χ1) is 11.0. The number of anilines is 2. The number of aromatic nitrogens is 2. The van der Waals surface area contributed by atoms with Crippen LogP contribution in [0.4, 0.5) is 15.9 Å². The van der Waals surface area contributed by atoms with Gasteiger partial charge in [0.05, 0.1) is 18.2 Å². The summed E-state index contributed by atoms with van der Waals surface area (Å²) in [5, 5.41) is 3.53. The summed E-state index contributed by atoms with van der Waals surface area (Å²) in [7, 11) is 1.31. The largest absolute Gasteiger partial charge is 0.465 e.